The van der Waals surface area contributed by atoms with Crippen LogP contribution in [0.15, 0.2) is 17.0 Å². The number of carboxylic acid groups (broad SMARTS) is 1. The zero-order valence-corrected chi connectivity index (χ0v) is 8.08. The van der Waals surface area contributed by atoms with Crippen molar-refractivity contribution in [1.82, 2.24) is 0 Å². The van der Waals surface area contributed by atoms with Gasteiger partial charge in [-0.1, -0.05) is 0 Å². The summed E-state index contributed by atoms with van der Waals surface area (Å²) in [6.45, 7) is 0.252. The van der Waals surface area contributed by atoms with Crippen molar-refractivity contribution < 1.29 is 9.90 Å². The smallest absolute Gasteiger partial charge is 0.338 e. The highest BCUT2D eigenvalue weighted by Gasteiger charge is 2.14. The van der Waals surface area contributed by atoms with Gasteiger partial charge in [-0.3, -0.25) is 0 Å². The summed E-state index contributed by atoms with van der Waals surface area (Å²) in [5.41, 5.74) is 6.08. The Hall–Kier alpha value is -1.51. The van der Waals surface area contributed by atoms with Crippen LogP contribution >= 0.6 is 12.6 Å². The zero-order valence-electron chi connectivity index (χ0n) is 7.19. The molecule has 0 aliphatic carbocycles. The summed E-state index contributed by atoms with van der Waals surface area (Å²) in [5.74, 6) is -1.16. The van der Waals surface area contributed by atoms with Crippen molar-refractivity contribution in [3.8, 4) is 6.07 Å². The Morgan fingerprint density at radius 3 is 2.71 bits per heavy atom. The molecule has 0 atom stereocenters. The van der Waals surface area contributed by atoms with Gasteiger partial charge in [-0.15, -0.1) is 12.6 Å². The largest absolute Gasteiger partial charge is 0.478 e. The zero-order chi connectivity index (χ0) is 10.7. The number of hydrogen-bond donors (Lipinski definition) is 3. The van der Waals surface area contributed by atoms with E-state index in [1.54, 1.807) is 6.07 Å². The molecule has 0 heterocycles. The van der Waals surface area contributed by atoms with E-state index in [0.29, 0.717) is 5.56 Å². The second-order valence-corrected chi connectivity index (χ2v) is 3.14. The summed E-state index contributed by atoms with van der Waals surface area (Å²) in [6.07, 6.45) is 0. The predicted molar refractivity (Wildman–Crippen MR) is 53.3 cm³/mol. The Morgan fingerprint density at radius 1 is 1.64 bits per heavy atom. The van der Waals surface area contributed by atoms with Crippen molar-refractivity contribution in [2.24, 2.45) is 5.73 Å². The maximum Gasteiger partial charge on any atom is 0.338 e. The SMILES string of the molecule is N#Cc1cc(CN)cc(S)c1C(=O)O. The van der Waals surface area contributed by atoms with Gasteiger partial charge in [0, 0.05) is 11.4 Å². The number of carboxylic acids is 1. The van der Waals surface area contributed by atoms with Crippen LogP contribution in [-0.4, -0.2) is 11.1 Å². The van der Waals surface area contributed by atoms with Crippen molar-refractivity contribution in [2.45, 2.75) is 11.4 Å². The van der Waals surface area contributed by atoms with Crippen LogP contribution in [0.2, 0.25) is 0 Å². The van der Waals surface area contributed by atoms with E-state index in [1.807, 2.05) is 6.07 Å². The molecule has 0 fully saturated rings. The first-order valence-corrected chi connectivity index (χ1v) is 4.24. The van der Waals surface area contributed by atoms with Gasteiger partial charge in [0.15, 0.2) is 0 Å². The minimum absolute atomic E-state index is 0.0759. The Bertz CT molecular complexity index is 424. The van der Waals surface area contributed by atoms with E-state index in [2.05, 4.69) is 12.6 Å². The molecule has 0 saturated carbocycles. The minimum Gasteiger partial charge on any atom is -0.478 e. The van der Waals surface area contributed by atoms with Crippen molar-refractivity contribution in [3.63, 3.8) is 0 Å². The molecule has 0 spiro atoms. The van der Waals surface area contributed by atoms with Crippen LogP contribution in [0.5, 0.6) is 0 Å². The normalized spacial score (nSPS) is 9.50. The van der Waals surface area contributed by atoms with Gasteiger partial charge < -0.3 is 10.8 Å². The van der Waals surface area contributed by atoms with E-state index in [-0.39, 0.29) is 22.6 Å². The Morgan fingerprint density at radius 2 is 2.29 bits per heavy atom. The fourth-order valence-electron chi connectivity index (χ4n) is 1.12. The summed E-state index contributed by atoms with van der Waals surface area (Å²) in [5, 5.41) is 17.5. The van der Waals surface area contributed by atoms with E-state index >= 15 is 0 Å². The average molecular weight is 208 g/mol. The number of nitrogens with zero attached hydrogens (tertiary/aromatic N) is 1. The molecule has 5 heteroatoms. The number of aromatic carboxylic acids is 1. The van der Waals surface area contributed by atoms with Gasteiger partial charge in [-0.2, -0.15) is 5.26 Å². The molecule has 1 rings (SSSR count). The van der Waals surface area contributed by atoms with E-state index in [9.17, 15) is 4.79 Å². The maximum atomic E-state index is 10.8. The predicted octanol–water partition coefficient (Wildman–Crippen LogP) is 1.00. The third-order valence-electron chi connectivity index (χ3n) is 1.75. The molecule has 14 heavy (non-hydrogen) atoms. The fourth-order valence-corrected chi connectivity index (χ4v) is 1.50. The molecule has 0 bridgehead atoms. The quantitative estimate of drug-likeness (QED) is 0.633. The Balaban J connectivity index is 3.44. The molecule has 0 aliphatic heterocycles. The number of carbonyl (C=O) groups is 1. The lowest BCUT2D eigenvalue weighted by molar-refractivity contribution is 0.0693. The van der Waals surface area contributed by atoms with Crippen molar-refractivity contribution in [3.05, 3.63) is 28.8 Å². The van der Waals surface area contributed by atoms with E-state index < -0.39 is 5.97 Å². The highest BCUT2D eigenvalue weighted by molar-refractivity contribution is 7.80. The van der Waals surface area contributed by atoms with Crippen molar-refractivity contribution in [2.75, 3.05) is 0 Å². The molecule has 72 valence electrons. The van der Waals surface area contributed by atoms with Crippen LogP contribution in [0.4, 0.5) is 0 Å². The van der Waals surface area contributed by atoms with Gasteiger partial charge in [0.25, 0.3) is 0 Å². The van der Waals surface area contributed by atoms with Gasteiger partial charge in [0.1, 0.15) is 6.07 Å². The second-order valence-electron chi connectivity index (χ2n) is 2.66. The fraction of sp³-hybridized carbons (Fsp3) is 0.111. The van der Waals surface area contributed by atoms with Crippen LogP contribution in [0, 0.1) is 11.3 Å². The molecule has 3 N–H and O–H groups in total. The highest BCUT2D eigenvalue weighted by Crippen LogP contribution is 2.20. The molecule has 4 nitrogen and oxygen atoms in total. The van der Waals surface area contributed by atoms with Gasteiger partial charge in [0.2, 0.25) is 0 Å². The lowest BCUT2D eigenvalue weighted by Crippen LogP contribution is -2.05. The molecule has 0 amide bonds. The maximum absolute atomic E-state index is 10.8. The minimum atomic E-state index is -1.16. The monoisotopic (exact) mass is 208 g/mol. The molecule has 1 aromatic rings. The van der Waals surface area contributed by atoms with Crippen LogP contribution < -0.4 is 5.73 Å². The topological polar surface area (TPSA) is 87.1 Å². The van der Waals surface area contributed by atoms with E-state index in [4.69, 9.17) is 16.1 Å². The molecule has 0 radical (unpaired) electrons. The van der Waals surface area contributed by atoms with Crippen molar-refractivity contribution >= 4 is 18.6 Å². The number of thiol groups is 1. The summed E-state index contributed by atoms with van der Waals surface area (Å²) in [7, 11) is 0. The molecule has 1 aromatic carbocycles. The summed E-state index contributed by atoms with van der Waals surface area (Å²) in [4.78, 5) is 11.0. The van der Waals surface area contributed by atoms with Gasteiger partial charge in [-0.25, -0.2) is 4.79 Å². The van der Waals surface area contributed by atoms with Crippen molar-refractivity contribution in [1.29, 1.82) is 5.26 Å². The standard InChI is InChI=1S/C9H8N2O2S/c10-3-5-1-6(4-11)8(9(12)13)7(14)2-5/h1-2,14H,3,10H2,(H,12,13). The molecule has 0 aromatic heterocycles. The number of rotatable bonds is 2. The third kappa shape index (κ3) is 1.87. The van der Waals surface area contributed by atoms with Gasteiger partial charge in [-0.05, 0) is 17.7 Å². The number of benzene rings is 1. The van der Waals surface area contributed by atoms with Crippen LogP contribution in [0.3, 0.4) is 0 Å². The number of nitrogens with two attached hydrogens (primary N) is 1. The molecule has 0 aliphatic rings. The van der Waals surface area contributed by atoms with Gasteiger partial charge in [0.05, 0.1) is 11.1 Å². The molecule has 0 saturated heterocycles. The molecular formula is C9H8N2O2S. The number of nitriles is 1. The number of hydrogen-bond acceptors (Lipinski definition) is 4. The van der Waals surface area contributed by atoms with Gasteiger partial charge >= 0.3 is 5.97 Å². The lowest BCUT2D eigenvalue weighted by Gasteiger charge is -2.05. The lowest BCUT2D eigenvalue weighted by atomic mass is 10.0. The van der Waals surface area contributed by atoms with Crippen LogP contribution in [0.25, 0.3) is 0 Å². The summed E-state index contributed by atoms with van der Waals surface area (Å²) >= 11 is 4.00. The van der Waals surface area contributed by atoms with Crippen LogP contribution in [0.1, 0.15) is 21.5 Å². The third-order valence-corrected chi connectivity index (χ3v) is 2.10. The summed E-state index contributed by atoms with van der Waals surface area (Å²) in [6, 6.07) is 4.82. The first-order valence-electron chi connectivity index (χ1n) is 3.79. The second kappa shape index (κ2) is 4.13. The van der Waals surface area contributed by atoms with Crippen LogP contribution in [-0.2, 0) is 6.54 Å². The molecular weight excluding hydrogens is 200 g/mol. The first kappa shape index (κ1) is 10.6. The summed E-state index contributed by atoms with van der Waals surface area (Å²) < 4.78 is 0. The highest BCUT2D eigenvalue weighted by atomic mass is 32.1. The average Bonchev–Trinajstić information content (AvgIpc) is 2.15. The molecule has 0 unspecified atom stereocenters. The Labute approximate surface area is 86.4 Å². The van der Waals surface area contributed by atoms with E-state index in [0.717, 1.165) is 0 Å². The first-order chi connectivity index (χ1) is 6.60. The van der Waals surface area contributed by atoms with E-state index in [1.165, 1.54) is 6.07 Å². The Kier molecular flexibility index (Phi) is 3.12.